The van der Waals surface area contributed by atoms with E-state index < -0.39 is 0 Å². The highest BCUT2D eigenvalue weighted by Gasteiger charge is 2.14. The van der Waals surface area contributed by atoms with Gasteiger partial charge >= 0.3 is 0 Å². The Morgan fingerprint density at radius 3 is 2.00 bits per heavy atom. The molecule has 0 saturated heterocycles. The average Bonchev–Trinajstić information content (AvgIpc) is 2.87. The number of unbranched alkanes of at least 4 members (excludes halogenated alkanes) is 11. The van der Waals surface area contributed by atoms with Crippen LogP contribution in [0, 0.1) is 0 Å². The minimum atomic E-state index is -0.184. The van der Waals surface area contributed by atoms with Crippen LogP contribution in [-0.4, -0.2) is 12.5 Å². The Morgan fingerprint density at radius 2 is 1.42 bits per heavy atom. The molecule has 0 saturated carbocycles. The van der Waals surface area contributed by atoms with Crippen molar-refractivity contribution in [3.05, 3.63) is 58.9 Å². The summed E-state index contributed by atoms with van der Waals surface area (Å²) in [5, 5.41) is 3.35. The molecular formula is C30H46ClIN2O2. The SMILES string of the molecule is CCCCCCCCCCCCCCOc1cccc(C(=O)NCc2cc[n+](CCC)cc2)c1Cl.[I-]. The maximum absolute atomic E-state index is 12.7. The molecule has 36 heavy (non-hydrogen) atoms. The highest BCUT2D eigenvalue weighted by Crippen LogP contribution is 2.28. The van der Waals surface area contributed by atoms with Gasteiger partial charge in [-0.15, -0.1) is 0 Å². The quantitative estimate of drug-likeness (QED) is 0.134. The number of aryl methyl sites for hydroxylation is 1. The van der Waals surface area contributed by atoms with E-state index in [2.05, 4.69) is 23.7 Å². The van der Waals surface area contributed by atoms with Crippen molar-refractivity contribution in [3.8, 4) is 5.75 Å². The Bertz CT molecular complexity index is 845. The van der Waals surface area contributed by atoms with Gasteiger partial charge in [0.2, 0.25) is 0 Å². The molecule has 0 radical (unpaired) electrons. The van der Waals surface area contributed by atoms with Crippen LogP contribution in [0.15, 0.2) is 42.7 Å². The number of hydrogen-bond acceptors (Lipinski definition) is 2. The molecule has 0 aliphatic heterocycles. The van der Waals surface area contributed by atoms with E-state index in [4.69, 9.17) is 16.3 Å². The Balaban J connectivity index is 0.00000648. The third kappa shape index (κ3) is 13.3. The summed E-state index contributed by atoms with van der Waals surface area (Å²) in [6.07, 6.45) is 21.0. The first kappa shape index (κ1) is 32.7. The Hall–Kier alpha value is -1.34. The predicted molar refractivity (Wildman–Crippen MR) is 146 cm³/mol. The number of amides is 1. The number of benzene rings is 1. The topological polar surface area (TPSA) is 42.2 Å². The van der Waals surface area contributed by atoms with E-state index in [0.717, 1.165) is 24.9 Å². The molecule has 2 aromatic rings. The molecule has 202 valence electrons. The van der Waals surface area contributed by atoms with Crippen molar-refractivity contribution in [1.29, 1.82) is 0 Å². The van der Waals surface area contributed by atoms with Gasteiger partial charge in [0.1, 0.15) is 12.3 Å². The van der Waals surface area contributed by atoms with Crippen LogP contribution in [0.1, 0.15) is 113 Å². The molecule has 1 aromatic heterocycles. The number of rotatable bonds is 19. The number of carbonyl (C=O) groups is 1. The molecule has 0 aliphatic rings. The largest absolute Gasteiger partial charge is 1.00 e. The van der Waals surface area contributed by atoms with E-state index >= 15 is 0 Å². The van der Waals surface area contributed by atoms with Gasteiger partial charge in [0.05, 0.1) is 17.2 Å². The second kappa shape index (κ2) is 20.7. The standard InChI is InChI=1S/C30H45ClN2O2.HI/c1-3-5-6-7-8-9-10-11-12-13-14-15-24-35-28-18-16-17-27(29(28)31)30(34)32-25-26-19-22-33(21-4-2)23-20-26;/h16-20,22-23H,3-15,21,24-25H2,1-2H3;1H. The smallest absolute Gasteiger partial charge is 0.253 e. The summed E-state index contributed by atoms with van der Waals surface area (Å²) in [6.45, 7) is 6.51. The minimum Gasteiger partial charge on any atom is -1.00 e. The predicted octanol–water partition coefficient (Wildman–Crippen LogP) is 5.05. The van der Waals surface area contributed by atoms with Crippen molar-refractivity contribution in [1.82, 2.24) is 5.32 Å². The van der Waals surface area contributed by atoms with Gasteiger partial charge in [0.15, 0.2) is 12.4 Å². The number of pyridine rings is 1. The summed E-state index contributed by atoms with van der Waals surface area (Å²) in [4.78, 5) is 12.7. The Labute approximate surface area is 241 Å². The van der Waals surface area contributed by atoms with Crippen molar-refractivity contribution in [2.75, 3.05) is 6.61 Å². The second-order valence-corrected chi connectivity index (χ2v) is 9.86. The number of ether oxygens (including phenoxy) is 1. The molecule has 6 heteroatoms. The van der Waals surface area contributed by atoms with Gasteiger partial charge in [-0.1, -0.05) is 102 Å². The molecule has 1 amide bonds. The number of hydrogen-bond donors (Lipinski definition) is 1. The summed E-state index contributed by atoms with van der Waals surface area (Å²) >= 11 is 6.50. The zero-order chi connectivity index (χ0) is 25.1. The summed E-state index contributed by atoms with van der Waals surface area (Å²) in [6, 6.07) is 9.48. The minimum absolute atomic E-state index is 0. The number of halogens is 2. The molecule has 0 atom stereocenters. The van der Waals surface area contributed by atoms with E-state index in [1.807, 2.05) is 36.7 Å². The van der Waals surface area contributed by atoms with Crippen LogP contribution in [0.4, 0.5) is 0 Å². The second-order valence-electron chi connectivity index (χ2n) is 9.48. The van der Waals surface area contributed by atoms with Gasteiger partial charge in [-0.05, 0) is 24.1 Å². The van der Waals surface area contributed by atoms with Crippen molar-refractivity contribution in [2.45, 2.75) is 110 Å². The zero-order valence-electron chi connectivity index (χ0n) is 22.4. The van der Waals surface area contributed by atoms with Crippen LogP contribution >= 0.6 is 11.6 Å². The van der Waals surface area contributed by atoms with Gasteiger partial charge in [-0.3, -0.25) is 4.79 Å². The number of carbonyl (C=O) groups excluding carboxylic acids is 1. The highest BCUT2D eigenvalue weighted by molar-refractivity contribution is 6.35. The van der Waals surface area contributed by atoms with E-state index in [1.165, 1.54) is 70.6 Å². The molecule has 0 bridgehead atoms. The van der Waals surface area contributed by atoms with Crippen molar-refractivity contribution < 1.29 is 38.1 Å². The average molecular weight is 629 g/mol. The Kier molecular flexibility index (Phi) is 18.8. The van der Waals surface area contributed by atoms with Crippen LogP contribution in [0.2, 0.25) is 5.02 Å². The number of nitrogens with zero attached hydrogens (tertiary/aromatic N) is 1. The number of aromatic nitrogens is 1. The first-order valence-corrected chi connectivity index (χ1v) is 14.2. The van der Waals surface area contributed by atoms with Gasteiger partial charge in [-0.25, -0.2) is 4.57 Å². The van der Waals surface area contributed by atoms with Gasteiger partial charge in [-0.2, -0.15) is 0 Å². The van der Waals surface area contributed by atoms with Crippen LogP contribution in [-0.2, 0) is 13.1 Å². The first-order chi connectivity index (χ1) is 17.2. The summed E-state index contributed by atoms with van der Waals surface area (Å²) < 4.78 is 8.04. The van der Waals surface area contributed by atoms with Crippen LogP contribution in [0.3, 0.4) is 0 Å². The van der Waals surface area contributed by atoms with Gasteiger partial charge in [0.25, 0.3) is 5.91 Å². The lowest BCUT2D eigenvalue weighted by Gasteiger charge is -2.12. The molecule has 1 N–H and O–H groups in total. The fourth-order valence-corrected chi connectivity index (χ4v) is 4.48. The normalized spacial score (nSPS) is 10.6. The maximum Gasteiger partial charge on any atom is 0.253 e. The summed E-state index contributed by atoms with van der Waals surface area (Å²) in [7, 11) is 0. The lowest BCUT2D eigenvalue weighted by Crippen LogP contribution is -3.00. The number of nitrogens with one attached hydrogen (secondary N) is 1. The molecule has 1 heterocycles. The maximum atomic E-state index is 12.7. The van der Waals surface area contributed by atoms with Crippen LogP contribution in [0.5, 0.6) is 5.75 Å². The lowest BCUT2D eigenvalue weighted by molar-refractivity contribution is -0.697. The zero-order valence-corrected chi connectivity index (χ0v) is 25.3. The molecule has 0 spiro atoms. The summed E-state index contributed by atoms with van der Waals surface area (Å²) in [5.74, 6) is 0.402. The van der Waals surface area contributed by atoms with Crippen LogP contribution in [0.25, 0.3) is 0 Å². The first-order valence-electron chi connectivity index (χ1n) is 13.8. The van der Waals surface area contributed by atoms with Crippen LogP contribution < -0.4 is 38.6 Å². The fourth-order valence-electron chi connectivity index (χ4n) is 4.21. The third-order valence-corrected chi connectivity index (χ3v) is 6.75. The Morgan fingerprint density at radius 1 is 0.833 bits per heavy atom. The van der Waals surface area contributed by atoms with Crippen molar-refractivity contribution >= 4 is 17.5 Å². The van der Waals surface area contributed by atoms with E-state index in [0.29, 0.717) is 29.5 Å². The lowest BCUT2D eigenvalue weighted by atomic mass is 10.1. The van der Waals surface area contributed by atoms with Crippen molar-refractivity contribution in [2.24, 2.45) is 0 Å². The van der Waals surface area contributed by atoms with Gasteiger partial charge < -0.3 is 34.0 Å². The van der Waals surface area contributed by atoms with Crippen molar-refractivity contribution in [3.63, 3.8) is 0 Å². The fraction of sp³-hybridized carbons (Fsp3) is 0.600. The van der Waals surface area contributed by atoms with E-state index in [9.17, 15) is 4.79 Å². The molecular weight excluding hydrogens is 583 g/mol. The molecule has 0 aliphatic carbocycles. The third-order valence-electron chi connectivity index (χ3n) is 6.36. The summed E-state index contributed by atoms with van der Waals surface area (Å²) in [5.41, 5.74) is 1.51. The molecule has 2 rings (SSSR count). The molecule has 1 aromatic carbocycles. The monoisotopic (exact) mass is 628 g/mol. The van der Waals surface area contributed by atoms with E-state index in [-0.39, 0.29) is 29.9 Å². The molecule has 4 nitrogen and oxygen atoms in total. The van der Waals surface area contributed by atoms with Gasteiger partial charge in [0, 0.05) is 25.1 Å². The molecule has 0 fully saturated rings. The molecule has 0 unspecified atom stereocenters. The highest BCUT2D eigenvalue weighted by atomic mass is 127. The van der Waals surface area contributed by atoms with E-state index in [1.54, 1.807) is 6.07 Å².